The van der Waals surface area contributed by atoms with Crippen molar-refractivity contribution < 1.29 is 4.79 Å². The molecule has 1 amide bonds. The van der Waals surface area contributed by atoms with E-state index < -0.39 is 5.54 Å². The van der Waals surface area contributed by atoms with Crippen LogP contribution in [0.4, 0.5) is 5.69 Å². The molecule has 1 aromatic rings. The molecule has 0 atom stereocenters. The number of nitrogens with zero attached hydrogens (tertiary/aromatic N) is 1. The van der Waals surface area contributed by atoms with Gasteiger partial charge in [-0.1, -0.05) is 18.2 Å². The molecule has 0 aromatic heterocycles. The number of nitrogens with two attached hydrogens (primary N) is 1. The number of anilines is 1. The molecule has 2 N–H and O–H groups in total. The zero-order chi connectivity index (χ0) is 12.3. The van der Waals surface area contributed by atoms with E-state index >= 15 is 0 Å². The predicted octanol–water partition coefficient (Wildman–Crippen LogP) is 2.09. The fourth-order valence-electron chi connectivity index (χ4n) is 1.64. The summed E-state index contributed by atoms with van der Waals surface area (Å²) in [6.45, 7) is 8.04. The Bertz CT molecular complexity index is 380. The number of rotatable bonds is 3. The summed E-state index contributed by atoms with van der Waals surface area (Å²) in [4.78, 5) is 13.9. The number of hydrogen-bond acceptors (Lipinski definition) is 2. The minimum Gasteiger partial charge on any atom is -0.318 e. The maximum absolute atomic E-state index is 12.1. The van der Waals surface area contributed by atoms with Gasteiger partial charge in [0, 0.05) is 12.2 Å². The second-order valence-electron chi connectivity index (χ2n) is 4.56. The van der Waals surface area contributed by atoms with Gasteiger partial charge in [0.05, 0.1) is 5.54 Å². The molecule has 3 nitrogen and oxygen atoms in total. The Labute approximate surface area is 97.2 Å². The van der Waals surface area contributed by atoms with Crippen LogP contribution in [0.5, 0.6) is 0 Å². The number of hydrogen-bond donors (Lipinski definition) is 1. The summed E-state index contributed by atoms with van der Waals surface area (Å²) in [6.07, 6.45) is 0. The highest BCUT2D eigenvalue weighted by Gasteiger charge is 2.28. The number of likely N-dealkylation sites (N-methyl/N-ethyl adjacent to an activating group) is 1. The number of carbonyl (C=O) groups excluding carboxylic acids is 1. The lowest BCUT2D eigenvalue weighted by molar-refractivity contribution is -0.122. The summed E-state index contributed by atoms with van der Waals surface area (Å²) in [7, 11) is 0. The molecule has 0 heterocycles. The molecule has 0 saturated carbocycles. The Morgan fingerprint density at radius 3 is 2.38 bits per heavy atom. The van der Waals surface area contributed by atoms with E-state index in [1.807, 2.05) is 38.1 Å². The maximum atomic E-state index is 12.1. The summed E-state index contributed by atoms with van der Waals surface area (Å²) in [5, 5.41) is 0. The summed E-state index contributed by atoms with van der Waals surface area (Å²) in [5.74, 6) is -0.0516. The van der Waals surface area contributed by atoms with E-state index in [-0.39, 0.29) is 5.91 Å². The van der Waals surface area contributed by atoms with Crippen molar-refractivity contribution in [1.82, 2.24) is 0 Å². The second kappa shape index (κ2) is 4.66. The van der Waals surface area contributed by atoms with Crippen molar-refractivity contribution in [3.8, 4) is 0 Å². The monoisotopic (exact) mass is 220 g/mol. The van der Waals surface area contributed by atoms with Crippen LogP contribution in [0.2, 0.25) is 0 Å². The van der Waals surface area contributed by atoms with Crippen molar-refractivity contribution in [3.05, 3.63) is 29.8 Å². The fraction of sp³-hybridized carbons (Fsp3) is 0.462. The number of amides is 1. The second-order valence-corrected chi connectivity index (χ2v) is 4.56. The summed E-state index contributed by atoms with van der Waals surface area (Å²) < 4.78 is 0. The Kier molecular flexibility index (Phi) is 3.70. The van der Waals surface area contributed by atoms with Crippen molar-refractivity contribution in [2.75, 3.05) is 11.4 Å². The number of aryl methyl sites for hydroxylation is 1. The van der Waals surface area contributed by atoms with Gasteiger partial charge in [0.15, 0.2) is 0 Å². The molecule has 0 aliphatic heterocycles. The Balaban J connectivity index is 3.09. The molecule has 0 unspecified atom stereocenters. The van der Waals surface area contributed by atoms with Crippen LogP contribution in [0, 0.1) is 6.92 Å². The minimum atomic E-state index is -0.835. The standard InChI is InChI=1S/C13H20N2O/c1-5-15(12(16)13(3,4)14)11-9-7-6-8-10(11)2/h6-9H,5,14H2,1-4H3. The van der Waals surface area contributed by atoms with Crippen LogP contribution >= 0.6 is 0 Å². The lowest BCUT2D eigenvalue weighted by Crippen LogP contribution is -2.51. The molecule has 1 rings (SSSR count). The van der Waals surface area contributed by atoms with E-state index in [0.717, 1.165) is 11.3 Å². The summed E-state index contributed by atoms with van der Waals surface area (Å²) in [5.41, 5.74) is 7.04. The van der Waals surface area contributed by atoms with Gasteiger partial charge in [0.2, 0.25) is 5.91 Å². The largest absolute Gasteiger partial charge is 0.318 e. The average Bonchev–Trinajstić information content (AvgIpc) is 2.20. The van der Waals surface area contributed by atoms with Crippen LogP contribution in [0.15, 0.2) is 24.3 Å². The van der Waals surface area contributed by atoms with Gasteiger partial charge in [-0.25, -0.2) is 0 Å². The third-order valence-corrected chi connectivity index (χ3v) is 2.52. The van der Waals surface area contributed by atoms with Crippen molar-refractivity contribution >= 4 is 11.6 Å². The third kappa shape index (κ3) is 2.61. The molecule has 16 heavy (non-hydrogen) atoms. The van der Waals surface area contributed by atoms with Gasteiger partial charge in [-0.3, -0.25) is 4.79 Å². The lowest BCUT2D eigenvalue weighted by atomic mass is 10.0. The number of benzene rings is 1. The molecule has 3 heteroatoms. The molecule has 0 radical (unpaired) electrons. The van der Waals surface area contributed by atoms with Gasteiger partial charge in [-0.05, 0) is 39.3 Å². The van der Waals surface area contributed by atoms with Crippen molar-refractivity contribution in [2.24, 2.45) is 5.73 Å². The van der Waals surface area contributed by atoms with E-state index in [1.165, 1.54) is 0 Å². The van der Waals surface area contributed by atoms with Crippen LogP contribution in [-0.2, 0) is 4.79 Å². The van der Waals surface area contributed by atoms with Gasteiger partial charge in [0.25, 0.3) is 0 Å². The van der Waals surface area contributed by atoms with Gasteiger partial charge in [0.1, 0.15) is 0 Å². The molecule has 0 aliphatic carbocycles. The van der Waals surface area contributed by atoms with Crippen LogP contribution in [0.1, 0.15) is 26.3 Å². The van der Waals surface area contributed by atoms with Crippen molar-refractivity contribution in [1.29, 1.82) is 0 Å². The minimum absolute atomic E-state index is 0.0516. The van der Waals surface area contributed by atoms with Crippen LogP contribution in [0.25, 0.3) is 0 Å². The van der Waals surface area contributed by atoms with E-state index in [4.69, 9.17) is 5.73 Å². The molecule has 88 valence electrons. The zero-order valence-electron chi connectivity index (χ0n) is 10.4. The first-order chi connectivity index (χ1) is 7.38. The molecular formula is C13H20N2O. The quantitative estimate of drug-likeness (QED) is 0.847. The van der Waals surface area contributed by atoms with Crippen LogP contribution < -0.4 is 10.6 Å². The SMILES string of the molecule is CCN(C(=O)C(C)(C)N)c1ccccc1C. The molecule has 1 aromatic carbocycles. The highest BCUT2D eigenvalue weighted by Crippen LogP contribution is 2.21. The first-order valence-electron chi connectivity index (χ1n) is 5.54. The van der Waals surface area contributed by atoms with E-state index in [0.29, 0.717) is 6.54 Å². The van der Waals surface area contributed by atoms with Crippen molar-refractivity contribution in [3.63, 3.8) is 0 Å². The molecule has 0 saturated heterocycles. The molecule has 0 spiro atoms. The summed E-state index contributed by atoms with van der Waals surface area (Å²) >= 11 is 0. The third-order valence-electron chi connectivity index (χ3n) is 2.52. The Morgan fingerprint density at radius 2 is 1.94 bits per heavy atom. The molecule has 0 fully saturated rings. The van der Waals surface area contributed by atoms with Gasteiger partial charge in [-0.2, -0.15) is 0 Å². The van der Waals surface area contributed by atoms with Crippen LogP contribution in [0.3, 0.4) is 0 Å². The summed E-state index contributed by atoms with van der Waals surface area (Å²) in [6, 6.07) is 7.84. The zero-order valence-corrected chi connectivity index (χ0v) is 10.4. The molecule has 0 aliphatic rings. The average molecular weight is 220 g/mol. The van der Waals surface area contributed by atoms with E-state index in [9.17, 15) is 4.79 Å². The normalized spacial score (nSPS) is 11.3. The number of para-hydroxylation sites is 1. The first-order valence-corrected chi connectivity index (χ1v) is 5.54. The Hall–Kier alpha value is -1.35. The maximum Gasteiger partial charge on any atom is 0.246 e. The fourth-order valence-corrected chi connectivity index (χ4v) is 1.64. The van der Waals surface area contributed by atoms with Crippen LogP contribution in [-0.4, -0.2) is 18.0 Å². The Morgan fingerprint density at radius 1 is 1.38 bits per heavy atom. The van der Waals surface area contributed by atoms with Crippen molar-refractivity contribution in [2.45, 2.75) is 33.2 Å². The first kappa shape index (κ1) is 12.7. The lowest BCUT2D eigenvalue weighted by Gasteiger charge is -2.29. The number of carbonyl (C=O) groups is 1. The topological polar surface area (TPSA) is 46.3 Å². The predicted molar refractivity (Wildman–Crippen MR) is 67.5 cm³/mol. The van der Waals surface area contributed by atoms with E-state index in [1.54, 1.807) is 18.7 Å². The highest BCUT2D eigenvalue weighted by molar-refractivity contribution is 6.00. The smallest absolute Gasteiger partial charge is 0.246 e. The molecular weight excluding hydrogens is 200 g/mol. The van der Waals surface area contributed by atoms with Gasteiger partial charge in [-0.15, -0.1) is 0 Å². The van der Waals surface area contributed by atoms with Gasteiger partial charge < -0.3 is 10.6 Å². The highest BCUT2D eigenvalue weighted by atomic mass is 16.2. The van der Waals surface area contributed by atoms with Gasteiger partial charge >= 0.3 is 0 Å². The molecule has 0 bridgehead atoms. The van der Waals surface area contributed by atoms with E-state index in [2.05, 4.69) is 0 Å².